The van der Waals surface area contributed by atoms with Crippen LogP contribution in [0.1, 0.15) is 20.9 Å². The van der Waals surface area contributed by atoms with Crippen molar-refractivity contribution < 1.29 is 4.79 Å². The van der Waals surface area contributed by atoms with E-state index in [4.69, 9.17) is 0 Å². The van der Waals surface area contributed by atoms with Gasteiger partial charge in [0, 0.05) is 23.6 Å². The largest absolute Gasteiger partial charge is 0.361 e. The minimum atomic E-state index is -0.0997. The summed E-state index contributed by atoms with van der Waals surface area (Å²) in [6.07, 6.45) is 2.79. The molecule has 0 aliphatic heterocycles. The van der Waals surface area contributed by atoms with Crippen LogP contribution in [0, 0.1) is 6.92 Å². The van der Waals surface area contributed by atoms with E-state index < -0.39 is 0 Å². The molecule has 20 heavy (non-hydrogen) atoms. The van der Waals surface area contributed by atoms with Crippen LogP contribution in [-0.4, -0.2) is 27.0 Å². The molecule has 2 aromatic heterocycles. The van der Waals surface area contributed by atoms with Gasteiger partial charge in [-0.3, -0.25) is 4.79 Å². The Morgan fingerprint density at radius 3 is 3.05 bits per heavy atom. The van der Waals surface area contributed by atoms with E-state index in [1.54, 1.807) is 6.92 Å². The van der Waals surface area contributed by atoms with Gasteiger partial charge < -0.3 is 10.3 Å². The monoisotopic (exact) mass is 286 g/mol. The molecule has 0 aliphatic carbocycles. The van der Waals surface area contributed by atoms with Crippen molar-refractivity contribution in [3.8, 4) is 0 Å². The summed E-state index contributed by atoms with van der Waals surface area (Å²) < 4.78 is 3.77. The van der Waals surface area contributed by atoms with Gasteiger partial charge in [0.2, 0.25) is 0 Å². The van der Waals surface area contributed by atoms with Crippen LogP contribution < -0.4 is 5.32 Å². The van der Waals surface area contributed by atoms with E-state index in [0.29, 0.717) is 17.1 Å². The van der Waals surface area contributed by atoms with Crippen molar-refractivity contribution in [2.24, 2.45) is 0 Å². The summed E-state index contributed by atoms with van der Waals surface area (Å²) >= 11 is 1.13. The average Bonchev–Trinajstić information content (AvgIpc) is 3.05. The number of para-hydroxylation sites is 1. The normalized spacial score (nSPS) is 10.8. The van der Waals surface area contributed by atoms with Crippen LogP contribution in [-0.2, 0) is 6.42 Å². The van der Waals surface area contributed by atoms with Crippen LogP contribution in [0.4, 0.5) is 0 Å². The predicted octanol–water partition coefficient (Wildman–Crippen LogP) is 2.30. The molecule has 0 saturated carbocycles. The highest BCUT2D eigenvalue weighted by Gasteiger charge is 2.12. The maximum absolute atomic E-state index is 11.9. The maximum atomic E-state index is 11.9. The first-order valence-corrected chi connectivity index (χ1v) is 7.15. The highest BCUT2D eigenvalue weighted by atomic mass is 32.1. The Morgan fingerprint density at radius 2 is 2.25 bits per heavy atom. The maximum Gasteiger partial charge on any atom is 0.264 e. The lowest BCUT2D eigenvalue weighted by molar-refractivity contribution is 0.0957. The van der Waals surface area contributed by atoms with Gasteiger partial charge in [0.05, 0.1) is 5.69 Å². The highest BCUT2D eigenvalue weighted by molar-refractivity contribution is 7.07. The molecule has 1 aromatic carbocycles. The topological polar surface area (TPSA) is 70.7 Å². The third-order valence-electron chi connectivity index (χ3n) is 3.21. The number of nitrogens with zero attached hydrogens (tertiary/aromatic N) is 2. The van der Waals surface area contributed by atoms with E-state index in [-0.39, 0.29) is 5.91 Å². The summed E-state index contributed by atoms with van der Waals surface area (Å²) in [4.78, 5) is 15.7. The summed E-state index contributed by atoms with van der Waals surface area (Å²) in [5.41, 5.74) is 3.01. The lowest BCUT2D eigenvalue weighted by Crippen LogP contribution is -2.25. The van der Waals surface area contributed by atoms with Crippen molar-refractivity contribution in [1.29, 1.82) is 0 Å². The zero-order valence-electron chi connectivity index (χ0n) is 11.0. The number of aromatic amines is 1. The Labute approximate surface area is 120 Å². The van der Waals surface area contributed by atoms with Crippen molar-refractivity contribution >= 4 is 28.3 Å². The molecule has 1 amide bonds. The number of nitrogens with one attached hydrogen (secondary N) is 2. The first-order valence-electron chi connectivity index (χ1n) is 6.38. The van der Waals surface area contributed by atoms with Gasteiger partial charge in [-0.05, 0) is 36.5 Å². The third kappa shape index (κ3) is 2.42. The van der Waals surface area contributed by atoms with Crippen LogP contribution in [0.5, 0.6) is 0 Å². The molecule has 5 nitrogen and oxygen atoms in total. The van der Waals surface area contributed by atoms with Crippen LogP contribution in [0.2, 0.25) is 0 Å². The number of carbonyl (C=O) groups excluding carboxylic acids is 1. The van der Waals surface area contributed by atoms with Gasteiger partial charge in [0.1, 0.15) is 4.88 Å². The smallest absolute Gasteiger partial charge is 0.264 e. The van der Waals surface area contributed by atoms with Gasteiger partial charge in [0.15, 0.2) is 0 Å². The predicted molar refractivity (Wildman–Crippen MR) is 79.0 cm³/mol. The molecule has 3 aromatic rings. The van der Waals surface area contributed by atoms with Crippen molar-refractivity contribution in [3.05, 3.63) is 46.6 Å². The second kappa shape index (κ2) is 5.42. The summed E-state index contributed by atoms with van der Waals surface area (Å²) in [7, 11) is 0. The van der Waals surface area contributed by atoms with Crippen molar-refractivity contribution in [1.82, 2.24) is 19.9 Å². The van der Waals surface area contributed by atoms with Crippen LogP contribution in [0.15, 0.2) is 30.5 Å². The van der Waals surface area contributed by atoms with Gasteiger partial charge in [-0.25, -0.2) is 0 Å². The number of rotatable bonds is 4. The zero-order chi connectivity index (χ0) is 13.9. The molecule has 3 rings (SSSR count). The summed E-state index contributed by atoms with van der Waals surface area (Å²) in [5, 5.41) is 7.95. The van der Waals surface area contributed by atoms with Crippen molar-refractivity contribution in [3.63, 3.8) is 0 Å². The molecular formula is C14H14N4OS. The lowest BCUT2D eigenvalue weighted by Gasteiger charge is -2.03. The SMILES string of the molecule is Cc1nnsc1C(=O)NCCc1c[nH]c2ccccc12. The first kappa shape index (κ1) is 12.8. The van der Waals surface area contributed by atoms with Crippen LogP contribution in [0.3, 0.4) is 0 Å². The van der Waals surface area contributed by atoms with E-state index in [1.807, 2.05) is 24.4 Å². The first-order chi connectivity index (χ1) is 9.75. The second-order valence-electron chi connectivity index (χ2n) is 4.55. The Morgan fingerprint density at radius 1 is 1.40 bits per heavy atom. The zero-order valence-corrected chi connectivity index (χ0v) is 11.8. The molecule has 0 bridgehead atoms. The number of hydrogen-bond acceptors (Lipinski definition) is 4. The fraction of sp³-hybridized carbons (Fsp3) is 0.214. The number of H-pyrrole nitrogens is 1. The number of amides is 1. The second-order valence-corrected chi connectivity index (χ2v) is 5.31. The number of carbonyl (C=O) groups is 1. The molecule has 0 radical (unpaired) electrons. The molecule has 0 spiro atoms. The van der Waals surface area contributed by atoms with Crippen LogP contribution >= 0.6 is 11.5 Å². The van der Waals surface area contributed by atoms with E-state index in [1.165, 1.54) is 10.9 Å². The molecule has 2 N–H and O–H groups in total. The molecule has 0 aliphatic rings. The van der Waals surface area contributed by atoms with E-state index in [9.17, 15) is 4.79 Å². The Balaban J connectivity index is 1.63. The van der Waals surface area contributed by atoms with Crippen molar-refractivity contribution in [2.45, 2.75) is 13.3 Å². The number of aryl methyl sites for hydroxylation is 1. The van der Waals surface area contributed by atoms with Crippen molar-refractivity contribution in [2.75, 3.05) is 6.54 Å². The molecule has 0 unspecified atom stereocenters. The summed E-state index contributed by atoms with van der Waals surface area (Å²) in [6.45, 7) is 2.39. The highest BCUT2D eigenvalue weighted by Crippen LogP contribution is 2.17. The molecule has 6 heteroatoms. The van der Waals surface area contributed by atoms with Gasteiger partial charge in [-0.15, -0.1) is 5.10 Å². The Kier molecular flexibility index (Phi) is 3.47. The number of benzene rings is 1. The number of aromatic nitrogens is 3. The minimum absolute atomic E-state index is 0.0997. The van der Waals surface area contributed by atoms with Gasteiger partial charge in [-0.2, -0.15) is 0 Å². The van der Waals surface area contributed by atoms with E-state index in [0.717, 1.165) is 23.5 Å². The lowest BCUT2D eigenvalue weighted by atomic mass is 10.1. The van der Waals surface area contributed by atoms with Crippen LogP contribution in [0.25, 0.3) is 10.9 Å². The van der Waals surface area contributed by atoms with Gasteiger partial charge >= 0.3 is 0 Å². The number of fused-ring (bicyclic) bond motifs is 1. The molecule has 2 heterocycles. The summed E-state index contributed by atoms with van der Waals surface area (Å²) in [5.74, 6) is -0.0997. The fourth-order valence-electron chi connectivity index (χ4n) is 2.17. The van der Waals surface area contributed by atoms with Gasteiger partial charge in [0.25, 0.3) is 5.91 Å². The Bertz CT molecular complexity index is 746. The quantitative estimate of drug-likeness (QED) is 0.773. The standard InChI is InChI=1S/C14H14N4OS/c1-9-13(20-18-17-9)14(19)15-7-6-10-8-16-12-5-3-2-4-11(10)12/h2-5,8,16H,6-7H2,1H3,(H,15,19). The summed E-state index contributed by atoms with van der Waals surface area (Å²) in [6, 6.07) is 8.15. The van der Waals surface area contributed by atoms with Gasteiger partial charge in [-0.1, -0.05) is 22.7 Å². The average molecular weight is 286 g/mol. The molecule has 102 valence electrons. The van der Waals surface area contributed by atoms with E-state index in [2.05, 4.69) is 26.0 Å². The number of hydrogen-bond donors (Lipinski definition) is 2. The van der Waals surface area contributed by atoms with E-state index >= 15 is 0 Å². The molecule has 0 fully saturated rings. The minimum Gasteiger partial charge on any atom is -0.361 e. The molecule has 0 atom stereocenters. The Hall–Kier alpha value is -2.21. The fourth-order valence-corrected chi connectivity index (χ4v) is 2.74. The molecule has 0 saturated heterocycles. The molecular weight excluding hydrogens is 272 g/mol. The third-order valence-corrected chi connectivity index (χ3v) is 4.04.